The van der Waals surface area contributed by atoms with Gasteiger partial charge in [-0.2, -0.15) is 0 Å². The molecule has 4 nitrogen and oxygen atoms in total. The fraction of sp³-hybridized carbons (Fsp3) is 0.125. The van der Waals surface area contributed by atoms with Gasteiger partial charge in [-0.15, -0.1) is 0 Å². The van der Waals surface area contributed by atoms with Crippen molar-refractivity contribution in [2.24, 2.45) is 0 Å². The molecule has 1 N–H and O–H groups in total. The minimum absolute atomic E-state index is 0.210. The number of benzene rings is 3. The third-order valence-electron chi connectivity index (χ3n) is 5.36. The highest BCUT2D eigenvalue weighted by atomic mass is 16.5. The van der Waals surface area contributed by atoms with Crippen molar-refractivity contribution in [1.29, 1.82) is 0 Å². The lowest BCUT2D eigenvalue weighted by Gasteiger charge is -2.29. The third kappa shape index (κ3) is 2.49. The van der Waals surface area contributed by atoms with Gasteiger partial charge in [0.15, 0.2) is 0 Å². The average Bonchev–Trinajstić information content (AvgIpc) is 2.72. The van der Waals surface area contributed by atoms with E-state index in [4.69, 9.17) is 9.15 Å². The summed E-state index contributed by atoms with van der Waals surface area (Å²) < 4.78 is 11.0. The lowest BCUT2D eigenvalue weighted by atomic mass is 9.80. The molecule has 1 aliphatic heterocycles. The standard InChI is InChI=1S/C24H19NO3/c1-14-7-12-19-18(13-14)21(15-8-10-16(27-2)11-9-15)22-23(25-19)17-5-3-4-6-20(17)28-24(22)26/h3-13,21,25H,1-2H3. The van der Waals surface area contributed by atoms with E-state index in [1.807, 2.05) is 48.5 Å². The Morgan fingerprint density at radius 2 is 1.79 bits per heavy atom. The zero-order valence-corrected chi connectivity index (χ0v) is 15.7. The van der Waals surface area contributed by atoms with E-state index in [1.165, 1.54) is 0 Å². The summed E-state index contributed by atoms with van der Waals surface area (Å²) in [6.45, 7) is 2.06. The second kappa shape index (κ2) is 6.27. The van der Waals surface area contributed by atoms with E-state index in [9.17, 15) is 4.79 Å². The number of anilines is 2. The summed E-state index contributed by atoms with van der Waals surface area (Å²) in [5, 5.41) is 4.39. The highest BCUT2D eigenvalue weighted by molar-refractivity contribution is 5.96. The number of nitrogens with one attached hydrogen (secondary N) is 1. The number of fused-ring (bicyclic) bond motifs is 4. The average molecular weight is 369 g/mol. The van der Waals surface area contributed by atoms with Gasteiger partial charge in [-0.25, -0.2) is 4.79 Å². The SMILES string of the molecule is COc1ccc(C2c3cc(C)ccc3Nc3c2c(=O)oc2ccccc32)cc1. The fourth-order valence-electron chi connectivity index (χ4n) is 4.03. The first-order valence-electron chi connectivity index (χ1n) is 9.23. The molecule has 0 aliphatic carbocycles. The van der Waals surface area contributed by atoms with Crippen LogP contribution in [0.15, 0.2) is 75.9 Å². The van der Waals surface area contributed by atoms with Crippen molar-refractivity contribution in [2.45, 2.75) is 12.8 Å². The van der Waals surface area contributed by atoms with Crippen molar-refractivity contribution < 1.29 is 9.15 Å². The van der Waals surface area contributed by atoms with E-state index < -0.39 is 0 Å². The number of hydrogen-bond acceptors (Lipinski definition) is 4. The summed E-state index contributed by atoms with van der Waals surface area (Å²) >= 11 is 0. The molecule has 3 aromatic carbocycles. The summed E-state index contributed by atoms with van der Waals surface area (Å²) in [7, 11) is 1.65. The molecule has 0 spiro atoms. The monoisotopic (exact) mass is 369 g/mol. The van der Waals surface area contributed by atoms with E-state index in [1.54, 1.807) is 7.11 Å². The molecule has 28 heavy (non-hydrogen) atoms. The molecule has 138 valence electrons. The van der Waals surface area contributed by atoms with Crippen molar-refractivity contribution in [1.82, 2.24) is 0 Å². The van der Waals surface area contributed by atoms with Gasteiger partial charge >= 0.3 is 5.63 Å². The molecule has 0 amide bonds. The van der Waals surface area contributed by atoms with Crippen LogP contribution in [0.4, 0.5) is 11.4 Å². The van der Waals surface area contributed by atoms with Gasteiger partial charge in [-0.3, -0.25) is 0 Å². The quantitative estimate of drug-likeness (QED) is 0.426. The number of methoxy groups -OCH3 is 1. The summed E-state index contributed by atoms with van der Waals surface area (Å²) in [5.41, 5.74) is 5.99. The maximum Gasteiger partial charge on any atom is 0.342 e. The summed E-state index contributed by atoms with van der Waals surface area (Å²) in [4.78, 5) is 13.0. The summed E-state index contributed by atoms with van der Waals surface area (Å²) in [6, 6.07) is 21.8. The third-order valence-corrected chi connectivity index (χ3v) is 5.36. The Kier molecular flexibility index (Phi) is 3.72. The molecule has 4 heteroatoms. The number of rotatable bonds is 2. The van der Waals surface area contributed by atoms with E-state index in [0.29, 0.717) is 11.1 Å². The van der Waals surface area contributed by atoms with Crippen LogP contribution in [0.1, 0.15) is 28.2 Å². The first-order valence-corrected chi connectivity index (χ1v) is 9.23. The zero-order valence-electron chi connectivity index (χ0n) is 15.7. The molecule has 0 radical (unpaired) electrons. The maximum absolute atomic E-state index is 13.0. The second-order valence-corrected chi connectivity index (χ2v) is 7.10. The van der Waals surface area contributed by atoms with Crippen LogP contribution in [0.5, 0.6) is 5.75 Å². The van der Waals surface area contributed by atoms with Crippen molar-refractivity contribution in [3.63, 3.8) is 0 Å². The lowest BCUT2D eigenvalue weighted by molar-refractivity contribution is 0.414. The smallest absolute Gasteiger partial charge is 0.342 e. The molecule has 1 atom stereocenters. The molecule has 2 heterocycles. The first kappa shape index (κ1) is 16.6. The molecule has 1 unspecified atom stereocenters. The molecule has 0 bridgehead atoms. The van der Waals surface area contributed by atoms with Gasteiger partial charge in [0.2, 0.25) is 0 Å². The molecule has 0 saturated carbocycles. The van der Waals surface area contributed by atoms with Gasteiger partial charge in [0.25, 0.3) is 0 Å². The molecule has 1 aromatic heterocycles. The van der Waals surface area contributed by atoms with Gasteiger partial charge in [0, 0.05) is 17.0 Å². The van der Waals surface area contributed by atoms with E-state index in [2.05, 4.69) is 30.4 Å². The van der Waals surface area contributed by atoms with E-state index in [0.717, 1.165) is 39.2 Å². The lowest BCUT2D eigenvalue weighted by Crippen LogP contribution is -2.22. The predicted molar refractivity (Wildman–Crippen MR) is 111 cm³/mol. The van der Waals surface area contributed by atoms with E-state index >= 15 is 0 Å². The Labute approximate surface area is 162 Å². The van der Waals surface area contributed by atoms with Crippen LogP contribution in [-0.2, 0) is 0 Å². The van der Waals surface area contributed by atoms with Crippen molar-refractivity contribution in [2.75, 3.05) is 12.4 Å². The fourth-order valence-corrected chi connectivity index (χ4v) is 4.03. The normalized spacial score (nSPS) is 14.9. The van der Waals surface area contributed by atoms with Crippen LogP contribution in [0.25, 0.3) is 11.0 Å². The van der Waals surface area contributed by atoms with Crippen molar-refractivity contribution in [3.8, 4) is 5.75 Å². The Hall–Kier alpha value is -3.53. The molecule has 1 aliphatic rings. The Balaban J connectivity index is 1.84. The van der Waals surface area contributed by atoms with Gasteiger partial charge in [-0.05, 0) is 48.4 Å². The Bertz CT molecular complexity index is 1260. The van der Waals surface area contributed by atoms with Gasteiger partial charge in [0.1, 0.15) is 11.3 Å². The van der Waals surface area contributed by atoms with Gasteiger partial charge < -0.3 is 14.5 Å². The van der Waals surface area contributed by atoms with Gasteiger partial charge in [-0.1, -0.05) is 42.0 Å². The largest absolute Gasteiger partial charge is 0.497 e. The Morgan fingerprint density at radius 3 is 2.57 bits per heavy atom. The second-order valence-electron chi connectivity index (χ2n) is 7.10. The predicted octanol–water partition coefficient (Wildman–Crippen LogP) is 5.35. The highest BCUT2D eigenvalue weighted by Crippen LogP contribution is 2.46. The maximum atomic E-state index is 13.0. The summed E-state index contributed by atoms with van der Waals surface area (Å²) in [5.74, 6) is 0.575. The Morgan fingerprint density at radius 1 is 1.00 bits per heavy atom. The minimum Gasteiger partial charge on any atom is -0.497 e. The molecule has 0 saturated heterocycles. The van der Waals surface area contributed by atoms with Crippen LogP contribution >= 0.6 is 0 Å². The van der Waals surface area contributed by atoms with Crippen LogP contribution in [0.3, 0.4) is 0 Å². The molecule has 0 fully saturated rings. The van der Waals surface area contributed by atoms with E-state index in [-0.39, 0.29) is 11.5 Å². The van der Waals surface area contributed by atoms with Crippen LogP contribution in [-0.4, -0.2) is 7.11 Å². The number of hydrogen-bond donors (Lipinski definition) is 1. The first-order chi connectivity index (χ1) is 13.7. The molecular weight excluding hydrogens is 350 g/mol. The van der Waals surface area contributed by atoms with Crippen LogP contribution < -0.4 is 15.7 Å². The summed E-state index contributed by atoms with van der Waals surface area (Å²) in [6.07, 6.45) is 0. The van der Waals surface area contributed by atoms with Crippen molar-refractivity contribution >= 4 is 22.3 Å². The van der Waals surface area contributed by atoms with Gasteiger partial charge in [0.05, 0.1) is 18.4 Å². The van der Waals surface area contributed by atoms with Crippen LogP contribution in [0.2, 0.25) is 0 Å². The molecular formula is C24H19NO3. The highest BCUT2D eigenvalue weighted by Gasteiger charge is 2.32. The number of aryl methyl sites for hydroxylation is 1. The zero-order chi connectivity index (χ0) is 19.3. The topological polar surface area (TPSA) is 51.5 Å². The number of ether oxygens (including phenoxy) is 1. The molecule has 4 aromatic rings. The molecule has 5 rings (SSSR count). The minimum atomic E-state index is -0.311. The van der Waals surface area contributed by atoms with Crippen molar-refractivity contribution in [3.05, 3.63) is 99.4 Å². The number of para-hydroxylation sites is 1. The van der Waals surface area contributed by atoms with Crippen LogP contribution in [0, 0.1) is 6.92 Å².